The fraction of sp³-hybridized carbons (Fsp3) is 0.516. The number of carbonyl (C=O) groups is 3. The van der Waals surface area contributed by atoms with E-state index in [1.165, 1.54) is 12.1 Å². The van der Waals surface area contributed by atoms with Gasteiger partial charge in [-0.3, -0.25) is 9.59 Å². The number of halogens is 4. The minimum Gasteiger partial charge on any atom is -0.427 e. The molecular formula is C31H37F4N3O4. The second-order valence-corrected chi connectivity index (χ2v) is 11.2. The number of ether oxygens (including phenoxy) is 1. The summed E-state index contributed by atoms with van der Waals surface area (Å²) in [7, 11) is 0. The maximum atomic E-state index is 13.7. The average molecular weight is 592 g/mol. The molecule has 0 aromatic heterocycles. The van der Waals surface area contributed by atoms with Crippen LogP contribution in [-0.2, 0) is 32.9 Å². The van der Waals surface area contributed by atoms with Crippen LogP contribution in [0.2, 0.25) is 0 Å². The van der Waals surface area contributed by atoms with Crippen LogP contribution in [0.1, 0.15) is 70.1 Å². The second-order valence-electron chi connectivity index (χ2n) is 11.2. The number of carbonyl (C=O) groups excluding carboxylic acids is 3. The number of anilines is 1. The van der Waals surface area contributed by atoms with Gasteiger partial charge in [0.1, 0.15) is 18.4 Å². The van der Waals surface area contributed by atoms with Crippen LogP contribution >= 0.6 is 0 Å². The number of hydrogen-bond donors (Lipinski definition) is 1. The van der Waals surface area contributed by atoms with Crippen LogP contribution in [0, 0.1) is 11.2 Å². The number of aryl methyl sites for hydroxylation is 1. The fourth-order valence-corrected chi connectivity index (χ4v) is 5.81. The van der Waals surface area contributed by atoms with Gasteiger partial charge >= 0.3 is 12.3 Å². The summed E-state index contributed by atoms with van der Waals surface area (Å²) in [6.45, 7) is 6.71. The molecule has 11 heteroatoms. The van der Waals surface area contributed by atoms with Crippen molar-refractivity contribution < 1.29 is 36.7 Å². The van der Waals surface area contributed by atoms with Gasteiger partial charge in [0.25, 0.3) is 5.91 Å². The van der Waals surface area contributed by atoms with E-state index in [-0.39, 0.29) is 17.4 Å². The molecule has 4 rings (SSSR count). The monoisotopic (exact) mass is 591 g/mol. The van der Waals surface area contributed by atoms with Crippen LogP contribution in [0.3, 0.4) is 0 Å². The Morgan fingerprint density at radius 3 is 2.31 bits per heavy atom. The first-order chi connectivity index (χ1) is 19.8. The molecule has 2 aromatic carbocycles. The molecule has 42 heavy (non-hydrogen) atoms. The predicted octanol–water partition coefficient (Wildman–Crippen LogP) is 6.55. The SMILES string of the molecule is CCC(CC)(CC)CNc1ccc2c(c1)CC[C@@]21OC(=O)N(CC(=O)N(Cc2ccc(F)cc2)[C@@H](C)C(F)(F)F)C1=O. The Balaban J connectivity index is 1.53. The number of alkyl halides is 3. The molecule has 2 aliphatic rings. The van der Waals surface area contributed by atoms with Gasteiger partial charge in [0.2, 0.25) is 11.5 Å². The summed E-state index contributed by atoms with van der Waals surface area (Å²) in [5.41, 5.74) is 1.03. The lowest BCUT2D eigenvalue weighted by atomic mass is 9.80. The topological polar surface area (TPSA) is 79.0 Å². The number of amides is 3. The summed E-state index contributed by atoms with van der Waals surface area (Å²) in [6, 6.07) is 7.97. The van der Waals surface area contributed by atoms with Crippen molar-refractivity contribution in [1.82, 2.24) is 9.80 Å². The van der Waals surface area contributed by atoms with Crippen molar-refractivity contribution >= 4 is 23.6 Å². The first-order valence-corrected chi connectivity index (χ1v) is 14.3. The maximum absolute atomic E-state index is 13.7. The Bertz CT molecular complexity index is 1320. The minimum absolute atomic E-state index is 0.165. The van der Waals surface area contributed by atoms with E-state index in [1.807, 2.05) is 12.1 Å². The van der Waals surface area contributed by atoms with E-state index in [1.54, 1.807) is 6.07 Å². The van der Waals surface area contributed by atoms with Gasteiger partial charge in [-0.15, -0.1) is 0 Å². The molecule has 1 spiro atoms. The fourth-order valence-electron chi connectivity index (χ4n) is 5.81. The van der Waals surface area contributed by atoms with E-state index in [9.17, 15) is 31.9 Å². The molecule has 1 fully saturated rings. The summed E-state index contributed by atoms with van der Waals surface area (Å²) < 4.78 is 60.0. The summed E-state index contributed by atoms with van der Waals surface area (Å²) in [4.78, 5) is 40.8. The summed E-state index contributed by atoms with van der Waals surface area (Å²) in [6.07, 6.45) is -2.14. The molecule has 0 unspecified atom stereocenters. The molecule has 1 saturated heterocycles. The normalized spacial score (nSPS) is 19.2. The van der Waals surface area contributed by atoms with Gasteiger partial charge in [-0.2, -0.15) is 13.2 Å². The van der Waals surface area contributed by atoms with Crippen molar-refractivity contribution in [2.24, 2.45) is 5.41 Å². The lowest BCUT2D eigenvalue weighted by Crippen LogP contribution is -2.51. The first kappa shape index (κ1) is 31.3. The molecule has 7 nitrogen and oxygen atoms in total. The Morgan fingerprint density at radius 1 is 1.07 bits per heavy atom. The Morgan fingerprint density at radius 2 is 1.71 bits per heavy atom. The van der Waals surface area contributed by atoms with Gasteiger partial charge in [0, 0.05) is 30.8 Å². The molecule has 1 aliphatic heterocycles. The number of nitrogens with one attached hydrogen (secondary N) is 1. The van der Waals surface area contributed by atoms with Crippen LogP contribution in [0.25, 0.3) is 0 Å². The number of nitrogens with zero attached hydrogens (tertiary/aromatic N) is 2. The molecule has 0 radical (unpaired) electrons. The molecular weight excluding hydrogens is 554 g/mol. The number of fused-ring (bicyclic) bond motifs is 2. The molecule has 228 valence electrons. The maximum Gasteiger partial charge on any atom is 0.418 e. The van der Waals surface area contributed by atoms with E-state index < -0.39 is 54.6 Å². The third-order valence-corrected chi connectivity index (χ3v) is 9.10. The first-order valence-electron chi connectivity index (χ1n) is 14.3. The van der Waals surface area contributed by atoms with Gasteiger partial charge < -0.3 is 15.0 Å². The lowest BCUT2D eigenvalue weighted by molar-refractivity contribution is -0.187. The van der Waals surface area contributed by atoms with Gasteiger partial charge in [0.05, 0.1) is 0 Å². The van der Waals surface area contributed by atoms with Crippen molar-refractivity contribution in [3.8, 4) is 0 Å². The highest BCUT2D eigenvalue weighted by atomic mass is 19.4. The Kier molecular flexibility index (Phi) is 8.89. The summed E-state index contributed by atoms with van der Waals surface area (Å²) in [5, 5.41) is 3.49. The van der Waals surface area contributed by atoms with Crippen molar-refractivity contribution in [3.63, 3.8) is 0 Å². The van der Waals surface area contributed by atoms with Crippen LogP contribution in [0.15, 0.2) is 42.5 Å². The van der Waals surface area contributed by atoms with Crippen molar-refractivity contribution in [2.75, 3.05) is 18.4 Å². The van der Waals surface area contributed by atoms with E-state index in [4.69, 9.17) is 4.74 Å². The molecule has 0 bridgehead atoms. The smallest absolute Gasteiger partial charge is 0.418 e. The van der Waals surface area contributed by atoms with Gasteiger partial charge in [-0.05, 0) is 73.4 Å². The quantitative estimate of drug-likeness (QED) is 0.300. The third kappa shape index (κ3) is 5.96. The highest BCUT2D eigenvalue weighted by Gasteiger charge is 2.58. The number of benzene rings is 2. The molecule has 2 atom stereocenters. The third-order valence-electron chi connectivity index (χ3n) is 9.10. The Hall–Kier alpha value is -3.63. The van der Waals surface area contributed by atoms with Gasteiger partial charge in [-0.1, -0.05) is 39.0 Å². The van der Waals surface area contributed by atoms with Gasteiger partial charge in [-0.25, -0.2) is 14.1 Å². The van der Waals surface area contributed by atoms with Crippen LogP contribution < -0.4 is 5.32 Å². The van der Waals surface area contributed by atoms with E-state index in [0.717, 1.165) is 56.1 Å². The minimum atomic E-state index is -4.77. The van der Waals surface area contributed by atoms with Crippen LogP contribution in [-0.4, -0.2) is 53.0 Å². The molecule has 2 aromatic rings. The average Bonchev–Trinajstić information content (AvgIpc) is 3.44. The van der Waals surface area contributed by atoms with Crippen LogP contribution in [0.5, 0.6) is 0 Å². The number of imide groups is 1. The van der Waals surface area contributed by atoms with Crippen molar-refractivity contribution in [1.29, 1.82) is 0 Å². The zero-order valence-corrected chi connectivity index (χ0v) is 24.3. The number of hydrogen-bond acceptors (Lipinski definition) is 5. The van der Waals surface area contributed by atoms with Crippen molar-refractivity contribution in [2.45, 2.75) is 84.2 Å². The lowest BCUT2D eigenvalue weighted by Gasteiger charge is -2.31. The van der Waals surface area contributed by atoms with E-state index in [0.29, 0.717) is 21.8 Å². The van der Waals surface area contributed by atoms with E-state index in [2.05, 4.69) is 26.1 Å². The molecule has 3 amide bonds. The highest BCUT2D eigenvalue weighted by Crippen LogP contribution is 2.46. The van der Waals surface area contributed by atoms with Gasteiger partial charge in [0.15, 0.2) is 0 Å². The zero-order valence-electron chi connectivity index (χ0n) is 24.3. The zero-order chi connectivity index (χ0) is 30.9. The molecule has 1 N–H and O–H groups in total. The number of rotatable bonds is 11. The molecule has 0 saturated carbocycles. The summed E-state index contributed by atoms with van der Waals surface area (Å²) in [5.74, 6) is -2.44. The molecule has 1 heterocycles. The standard InChI is InChI=1S/C31H37F4N3O4/c1-5-29(6-2,7-3)19-36-24-12-13-25-22(16-24)14-15-30(25)27(40)38(28(41)42-30)18-26(39)37(20(4)31(33,34)35)17-21-8-10-23(32)11-9-21/h8-13,16,20,36H,5-7,14-15,17-19H2,1-4H3/t20-,30+/m0/s1. The predicted molar refractivity (Wildman–Crippen MR) is 149 cm³/mol. The summed E-state index contributed by atoms with van der Waals surface area (Å²) >= 11 is 0. The Labute approximate surface area is 243 Å². The highest BCUT2D eigenvalue weighted by molar-refractivity contribution is 6.06. The largest absolute Gasteiger partial charge is 0.427 e. The van der Waals surface area contributed by atoms with Crippen LogP contribution in [0.4, 0.5) is 28.0 Å². The van der Waals surface area contributed by atoms with E-state index >= 15 is 0 Å². The van der Waals surface area contributed by atoms with Crippen molar-refractivity contribution in [3.05, 3.63) is 65.0 Å². The second kappa shape index (κ2) is 11.9. The molecule has 1 aliphatic carbocycles.